The second-order valence-electron chi connectivity index (χ2n) is 3.02. The SMILES string of the molecule is CO[C@@H]1c2ccccc2OC[C@@H]1Br. The van der Waals surface area contributed by atoms with E-state index in [0.29, 0.717) is 6.61 Å². The van der Waals surface area contributed by atoms with Crippen LogP contribution in [0.1, 0.15) is 11.7 Å². The van der Waals surface area contributed by atoms with Gasteiger partial charge in [-0.3, -0.25) is 0 Å². The van der Waals surface area contributed by atoms with Crippen LogP contribution in [0.15, 0.2) is 24.3 Å². The lowest BCUT2D eigenvalue weighted by atomic mass is 10.0. The van der Waals surface area contributed by atoms with Gasteiger partial charge in [-0.25, -0.2) is 0 Å². The van der Waals surface area contributed by atoms with Gasteiger partial charge in [-0.05, 0) is 6.07 Å². The van der Waals surface area contributed by atoms with E-state index >= 15 is 0 Å². The Hall–Kier alpha value is -0.540. The fourth-order valence-electron chi connectivity index (χ4n) is 1.57. The molecule has 1 aliphatic rings. The maximum absolute atomic E-state index is 5.54. The first kappa shape index (κ1) is 9.03. The molecule has 0 spiro atoms. The van der Waals surface area contributed by atoms with Crippen molar-refractivity contribution >= 4 is 15.9 Å². The number of hydrogen-bond donors (Lipinski definition) is 0. The summed E-state index contributed by atoms with van der Waals surface area (Å²) in [5, 5.41) is 0. The van der Waals surface area contributed by atoms with E-state index < -0.39 is 0 Å². The molecule has 13 heavy (non-hydrogen) atoms. The molecule has 2 nitrogen and oxygen atoms in total. The fourth-order valence-corrected chi connectivity index (χ4v) is 2.21. The van der Waals surface area contributed by atoms with Gasteiger partial charge in [-0.1, -0.05) is 34.1 Å². The molecule has 0 saturated carbocycles. The first-order chi connectivity index (χ1) is 6.33. The van der Waals surface area contributed by atoms with Gasteiger partial charge in [0.15, 0.2) is 0 Å². The summed E-state index contributed by atoms with van der Waals surface area (Å²) in [4.78, 5) is 0.243. The van der Waals surface area contributed by atoms with E-state index in [0.717, 1.165) is 11.3 Å². The van der Waals surface area contributed by atoms with E-state index in [2.05, 4.69) is 15.9 Å². The highest BCUT2D eigenvalue weighted by molar-refractivity contribution is 9.09. The molecule has 2 atom stereocenters. The van der Waals surface area contributed by atoms with Gasteiger partial charge in [0.25, 0.3) is 0 Å². The van der Waals surface area contributed by atoms with Crippen LogP contribution in [0.5, 0.6) is 5.75 Å². The van der Waals surface area contributed by atoms with Gasteiger partial charge in [-0.15, -0.1) is 0 Å². The van der Waals surface area contributed by atoms with Gasteiger partial charge >= 0.3 is 0 Å². The van der Waals surface area contributed by atoms with Gasteiger partial charge in [0.1, 0.15) is 18.5 Å². The average molecular weight is 243 g/mol. The Morgan fingerprint density at radius 2 is 2.23 bits per heavy atom. The van der Waals surface area contributed by atoms with Gasteiger partial charge < -0.3 is 9.47 Å². The van der Waals surface area contributed by atoms with E-state index in [1.807, 2.05) is 24.3 Å². The first-order valence-corrected chi connectivity index (χ1v) is 5.13. The van der Waals surface area contributed by atoms with Gasteiger partial charge in [-0.2, -0.15) is 0 Å². The van der Waals surface area contributed by atoms with Crippen molar-refractivity contribution < 1.29 is 9.47 Å². The molecular formula is C10H11BrO2. The van der Waals surface area contributed by atoms with Crippen molar-refractivity contribution in [2.75, 3.05) is 13.7 Å². The zero-order valence-corrected chi connectivity index (χ0v) is 8.95. The standard InChI is InChI=1S/C10H11BrO2/c1-12-10-7-4-2-3-5-9(7)13-6-8(10)11/h2-5,8,10H,6H2,1H3/t8-,10+/m0/s1. The lowest BCUT2D eigenvalue weighted by Gasteiger charge is -2.28. The van der Waals surface area contributed by atoms with Gasteiger partial charge in [0, 0.05) is 12.7 Å². The largest absolute Gasteiger partial charge is 0.492 e. The van der Waals surface area contributed by atoms with Crippen LogP contribution in [0.2, 0.25) is 0 Å². The molecular weight excluding hydrogens is 232 g/mol. The second kappa shape index (κ2) is 3.68. The van der Waals surface area contributed by atoms with Crippen LogP contribution in [-0.4, -0.2) is 18.5 Å². The average Bonchev–Trinajstić information content (AvgIpc) is 2.18. The summed E-state index contributed by atoms with van der Waals surface area (Å²) in [6, 6.07) is 7.98. The zero-order chi connectivity index (χ0) is 9.26. The zero-order valence-electron chi connectivity index (χ0n) is 7.37. The van der Waals surface area contributed by atoms with Crippen LogP contribution < -0.4 is 4.74 Å². The van der Waals surface area contributed by atoms with Crippen molar-refractivity contribution in [3.63, 3.8) is 0 Å². The predicted molar refractivity (Wildman–Crippen MR) is 54.4 cm³/mol. The summed E-state index contributed by atoms with van der Waals surface area (Å²) in [5.41, 5.74) is 1.12. The van der Waals surface area contributed by atoms with E-state index in [4.69, 9.17) is 9.47 Å². The summed E-state index contributed by atoms with van der Waals surface area (Å²) in [6.45, 7) is 0.662. The number of rotatable bonds is 1. The molecule has 1 heterocycles. The Morgan fingerprint density at radius 3 is 3.00 bits per heavy atom. The lowest BCUT2D eigenvalue weighted by molar-refractivity contribution is 0.0716. The summed E-state index contributed by atoms with van der Waals surface area (Å²) < 4.78 is 10.9. The number of fused-ring (bicyclic) bond motifs is 1. The summed E-state index contributed by atoms with van der Waals surface area (Å²) in [6.07, 6.45) is 0.102. The van der Waals surface area contributed by atoms with Gasteiger partial charge in [0.2, 0.25) is 0 Å². The highest BCUT2D eigenvalue weighted by Crippen LogP contribution is 2.36. The first-order valence-electron chi connectivity index (χ1n) is 4.21. The Morgan fingerprint density at radius 1 is 1.46 bits per heavy atom. The monoisotopic (exact) mass is 242 g/mol. The third-order valence-corrected chi connectivity index (χ3v) is 2.95. The molecule has 0 fully saturated rings. The van der Waals surface area contributed by atoms with E-state index in [1.54, 1.807) is 7.11 Å². The Labute approximate surface area is 86.0 Å². The molecule has 0 saturated heterocycles. The number of halogens is 1. The van der Waals surface area contributed by atoms with Crippen LogP contribution in [0, 0.1) is 0 Å². The van der Waals surface area contributed by atoms with Crippen molar-refractivity contribution in [1.82, 2.24) is 0 Å². The molecule has 0 amide bonds. The number of alkyl halides is 1. The molecule has 0 radical (unpaired) electrons. The van der Waals surface area contributed by atoms with Crippen LogP contribution >= 0.6 is 15.9 Å². The quantitative estimate of drug-likeness (QED) is 0.705. The fraction of sp³-hybridized carbons (Fsp3) is 0.400. The third-order valence-electron chi connectivity index (χ3n) is 2.21. The normalized spacial score (nSPS) is 26.3. The Bertz CT molecular complexity index is 301. The van der Waals surface area contributed by atoms with Crippen molar-refractivity contribution in [2.24, 2.45) is 0 Å². The minimum Gasteiger partial charge on any atom is -0.492 e. The molecule has 0 bridgehead atoms. The smallest absolute Gasteiger partial charge is 0.125 e. The lowest BCUT2D eigenvalue weighted by Crippen LogP contribution is -2.27. The molecule has 2 rings (SSSR count). The minimum absolute atomic E-state index is 0.102. The molecule has 1 aliphatic heterocycles. The molecule has 70 valence electrons. The van der Waals surface area contributed by atoms with Crippen LogP contribution in [-0.2, 0) is 4.74 Å². The van der Waals surface area contributed by atoms with Crippen LogP contribution in [0.25, 0.3) is 0 Å². The van der Waals surface area contributed by atoms with Crippen molar-refractivity contribution in [3.05, 3.63) is 29.8 Å². The number of benzene rings is 1. The maximum Gasteiger partial charge on any atom is 0.125 e. The van der Waals surface area contributed by atoms with Crippen LogP contribution in [0.3, 0.4) is 0 Å². The van der Waals surface area contributed by atoms with E-state index in [9.17, 15) is 0 Å². The molecule has 0 unspecified atom stereocenters. The number of ether oxygens (including phenoxy) is 2. The number of methoxy groups -OCH3 is 1. The highest BCUT2D eigenvalue weighted by Gasteiger charge is 2.28. The Kier molecular flexibility index (Phi) is 2.56. The molecule has 0 N–H and O–H groups in total. The summed E-state index contributed by atoms with van der Waals surface area (Å²) in [7, 11) is 1.72. The molecule has 1 aromatic rings. The Balaban J connectivity index is 2.39. The molecule has 3 heteroatoms. The predicted octanol–water partition coefficient (Wildman–Crippen LogP) is 2.53. The molecule has 0 aliphatic carbocycles. The highest BCUT2D eigenvalue weighted by atomic mass is 79.9. The van der Waals surface area contributed by atoms with Crippen molar-refractivity contribution in [1.29, 1.82) is 0 Å². The summed E-state index contributed by atoms with van der Waals surface area (Å²) >= 11 is 3.53. The van der Waals surface area contributed by atoms with E-state index in [-0.39, 0.29) is 10.9 Å². The van der Waals surface area contributed by atoms with Crippen molar-refractivity contribution in [3.8, 4) is 5.75 Å². The van der Waals surface area contributed by atoms with Crippen molar-refractivity contribution in [2.45, 2.75) is 10.9 Å². The number of para-hydroxylation sites is 1. The summed E-state index contributed by atoms with van der Waals surface area (Å²) in [5.74, 6) is 0.935. The molecule has 1 aromatic carbocycles. The molecule has 0 aromatic heterocycles. The number of hydrogen-bond acceptors (Lipinski definition) is 2. The van der Waals surface area contributed by atoms with Crippen LogP contribution in [0.4, 0.5) is 0 Å². The maximum atomic E-state index is 5.54. The van der Waals surface area contributed by atoms with E-state index in [1.165, 1.54) is 0 Å². The second-order valence-corrected chi connectivity index (χ2v) is 4.20. The third kappa shape index (κ3) is 1.58. The van der Waals surface area contributed by atoms with Gasteiger partial charge in [0.05, 0.1) is 4.83 Å². The minimum atomic E-state index is 0.102. The topological polar surface area (TPSA) is 18.5 Å².